The first-order valence-electron chi connectivity index (χ1n) is 8.20. The molecule has 1 N–H and O–H groups in total. The van der Waals surface area contributed by atoms with Crippen LogP contribution < -0.4 is 4.74 Å². The molecule has 0 atom stereocenters. The molecule has 0 unspecified atom stereocenters. The summed E-state index contributed by atoms with van der Waals surface area (Å²) in [6, 6.07) is 9.05. The van der Waals surface area contributed by atoms with Crippen molar-refractivity contribution in [3.63, 3.8) is 0 Å². The number of phenols is 1. The van der Waals surface area contributed by atoms with Crippen molar-refractivity contribution in [2.75, 3.05) is 20.8 Å². The van der Waals surface area contributed by atoms with Crippen molar-refractivity contribution in [3.8, 4) is 11.5 Å². The highest BCUT2D eigenvalue weighted by Gasteiger charge is 2.15. The van der Waals surface area contributed by atoms with Crippen molar-refractivity contribution >= 4 is 18.2 Å². The van der Waals surface area contributed by atoms with E-state index in [-0.39, 0.29) is 11.3 Å². The Morgan fingerprint density at radius 3 is 2.41 bits per heavy atom. The first-order valence-corrected chi connectivity index (χ1v) is 8.20. The molecule has 0 aliphatic heterocycles. The van der Waals surface area contributed by atoms with Gasteiger partial charge in [-0.15, -0.1) is 0 Å². The standard InChI is InChI=1S/C20H20O7/c1-25-19(23)14-6-8-17(20(24)26-2)13(10-14)4-3-9-27-16-7-5-15(12-21)18(22)11-16/h5-8,10-12,22H,3-4,9H2,1-2H3. The first-order chi connectivity index (χ1) is 13.0. The largest absolute Gasteiger partial charge is 0.507 e. The first kappa shape index (κ1) is 20.0. The van der Waals surface area contributed by atoms with Gasteiger partial charge in [0, 0.05) is 6.07 Å². The van der Waals surface area contributed by atoms with Crippen LogP contribution in [0.3, 0.4) is 0 Å². The van der Waals surface area contributed by atoms with Crippen molar-refractivity contribution in [3.05, 3.63) is 58.7 Å². The predicted molar refractivity (Wildman–Crippen MR) is 96.4 cm³/mol. The number of esters is 2. The van der Waals surface area contributed by atoms with E-state index in [1.165, 1.54) is 38.5 Å². The van der Waals surface area contributed by atoms with Gasteiger partial charge in [-0.05, 0) is 48.7 Å². The number of benzene rings is 2. The number of aromatic hydroxyl groups is 1. The number of phenolic OH excluding ortho intramolecular Hbond substituents is 1. The van der Waals surface area contributed by atoms with Gasteiger partial charge in [0.05, 0.1) is 37.5 Å². The zero-order valence-electron chi connectivity index (χ0n) is 15.1. The molecule has 0 aromatic heterocycles. The smallest absolute Gasteiger partial charge is 0.338 e. The normalized spacial score (nSPS) is 10.1. The van der Waals surface area contributed by atoms with Crippen LogP contribution in [-0.4, -0.2) is 44.2 Å². The Bertz CT molecular complexity index is 842. The summed E-state index contributed by atoms with van der Waals surface area (Å²) in [6.07, 6.45) is 1.57. The Morgan fingerprint density at radius 2 is 1.78 bits per heavy atom. The molecule has 0 aliphatic rings. The Morgan fingerprint density at radius 1 is 1.04 bits per heavy atom. The van der Waals surface area contributed by atoms with Gasteiger partial charge in [0.1, 0.15) is 11.5 Å². The average molecular weight is 372 g/mol. The molecule has 0 bridgehead atoms. The second kappa shape index (κ2) is 9.38. The average Bonchev–Trinajstić information content (AvgIpc) is 2.70. The van der Waals surface area contributed by atoms with Gasteiger partial charge < -0.3 is 19.3 Å². The summed E-state index contributed by atoms with van der Waals surface area (Å²) in [7, 11) is 2.58. The van der Waals surface area contributed by atoms with E-state index in [1.54, 1.807) is 12.1 Å². The molecule has 2 aromatic rings. The zero-order valence-corrected chi connectivity index (χ0v) is 15.1. The van der Waals surface area contributed by atoms with E-state index in [0.717, 1.165) is 0 Å². The summed E-state index contributed by atoms with van der Waals surface area (Å²) in [5.74, 6) is -0.706. The number of carbonyl (C=O) groups excluding carboxylic acids is 3. The van der Waals surface area contributed by atoms with Gasteiger partial charge in [0.25, 0.3) is 0 Å². The minimum Gasteiger partial charge on any atom is -0.507 e. The van der Waals surface area contributed by atoms with Gasteiger partial charge in [-0.1, -0.05) is 0 Å². The van der Waals surface area contributed by atoms with Gasteiger partial charge in [-0.25, -0.2) is 9.59 Å². The number of rotatable bonds is 8. The molecular formula is C20H20O7. The van der Waals surface area contributed by atoms with E-state index in [1.807, 2.05) is 0 Å². The molecule has 0 radical (unpaired) electrons. The number of hydrogen-bond donors (Lipinski definition) is 1. The molecule has 0 aliphatic carbocycles. The van der Waals surface area contributed by atoms with Gasteiger partial charge in [0.15, 0.2) is 6.29 Å². The van der Waals surface area contributed by atoms with E-state index in [9.17, 15) is 19.5 Å². The third kappa shape index (κ3) is 5.07. The number of aldehydes is 1. The van der Waals surface area contributed by atoms with Crippen LogP contribution in [0.4, 0.5) is 0 Å². The van der Waals surface area contributed by atoms with E-state index in [0.29, 0.717) is 48.2 Å². The number of aryl methyl sites for hydroxylation is 1. The summed E-state index contributed by atoms with van der Waals surface area (Å²) in [5, 5.41) is 9.65. The Balaban J connectivity index is 2.05. The van der Waals surface area contributed by atoms with Crippen molar-refractivity contribution in [2.24, 2.45) is 0 Å². The fourth-order valence-corrected chi connectivity index (χ4v) is 2.52. The van der Waals surface area contributed by atoms with Crippen molar-refractivity contribution in [1.82, 2.24) is 0 Å². The Hall–Kier alpha value is -3.35. The third-order valence-electron chi connectivity index (χ3n) is 3.92. The number of methoxy groups -OCH3 is 2. The molecule has 2 aromatic carbocycles. The molecule has 0 amide bonds. The number of hydrogen-bond acceptors (Lipinski definition) is 7. The highest BCUT2D eigenvalue weighted by molar-refractivity contribution is 5.94. The monoisotopic (exact) mass is 372 g/mol. The van der Waals surface area contributed by atoms with Gasteiger partial charge in [-0.2, -0.15) is 0 Å². The maximum atomic E-state index is 11.9. The summed E-state index contributed by atoms with van der Waals surface area (Å²) in [6.45, 7) is 0.308. The fraction of sp³-hybridized carbons (Fsp3) is 0.250. The lowest BCUT2D eigenvalue weighted by molar-refractivity contribution is 0.0585. The maximum Gasteiger partial charge on any atom is 0.338 e. The van der Waals surface area contributed by atoms with Crippen LogP contribution in [0, 0.1) is 0 Å². The molecule has 0 saturated heterocycles. The molecule has 0 fully saturated rings. The molecule has 0 saturated carbocycles. The quantitative estimate of drug-likeness (QED) is 0.432. The lowest BCUT2D eigenvalue weighted by Gasteiger charge is -2.11. The number of carbonyl (C=O) groups is 3. The molecule has 7 nitrogen and oxygen atoms in total. The van der Waals surface area contributed by atoms with Crippen molar-refractivity contribution in [2.45, 2.75) is 12.8 Å². The molecule has 142 valence electrons. The second-order valence-electron chi connectivity index (χ2n) is 5.65. The summed E-state index contributed by atoms with van der Waals surface area (Å²) in [5.41, 5.74) is 1.55. The third-order valence-corrected chi connectivity index (χ3v) is 3.92. The van der Waals surface area contributed by atoms with Gasteiger partial charge >= 0.3 is 11.9 Å². The van der Waals surface area contributed by atoms with Crippen molar-refractivity contribution < 1.29 is 33.7 Å². The van der Waals surface area contributed by atoms with Crippen LogP contribution in [-0.2, 0) is 15.9 Å². The number of ether oxygens (including phenoxy) is 3. The zero-order chi connectivity index (χ0) is 19.8. The summed E-state index contributed by atoms with van der Waals surface area (Å²) < 4.78 is 15.0. The summed E-state index contributed by atoms with van der Waals surface area (Å²) in [4.78, 5) is 34.3. The summed E-state index contributed by atoms with van der Waals surface area (Å²) >= 11 is 0. The minimum atomic E-state index is -0.491. The fourth-order valence-electron chi connectivity index (χ4n) is 2.52. The molecular weight excluding hydrogens is 352 g/mol. The van der Waals surface area contributed by atoms with Gasteiger partial charge in [0.2, 0.25) is 0 Å². The highest BCUT2D eigenvalue weighted by Crippen LogP contribution is 2.22. The van der Waals surface area contributed by atoms with Crippen LogP contribution in [0.2, 0.25) is 0 Å². The molecule has 0 heterocycles. The van der Waals surface area contributed by atoms with E-state index >= 15 is 0 Å². The molecule has 27 heavy (non-hydrogen) atoms. The second-order valence-corrected chi connectivity index (χ2v) is 5.65. The Kier molecular flexibility index (Phi) is 6.93. The lowest BCUT2D eigenvalue weighted by Crippen LogP contribution is -2.10. The van der Waals surface area contributed by atoms with Crippen LogP contribution in [0.25, 0.3) is 0 Å². The minimum absolute atomic E-state index is 0.152. The maximum absolute atomic E-state index is 11.9. The van der Waals surface area contributed by atoms with E-state index in [4.69, 9.17) is 14.2 Å². The van der Waals surface area contributed by atoms with E-state index in [2.05, 4.69) is 0 Å². The van der Waals surface area contributed by atoms with Crippen LogP contribution >= 0.6 is 0 Å². The molecule has 0 spiro atoms. The predicted octanol–water partition coefficient (Wildman–Crippen LogP) is 2.79. The molecule has 7 heteroatoms. The Labute approximate surface area is 156 Å². The van der Waals surface area contributed by atoms with Crippen molar-refractivity contribution in [1.29, 1.82) is 0 Å². The van der Waals surface area contributed by atoms with Crippen LogP contribution in [0.5, 0.6) is 11.5 Å². The topological polar surface area (TPSA) is 99.1 Å². The highest BCUT2D eigenvalue weighted by atomic mass is 16.5. The van der Waals surface area contributed by atoms with E-state index < -0.39 is 11.9 Å². The van der Waals surface area contributed by atoms with Crippen LogP contribution in [0.1, 0.15) is 43.1 Å². The van der Waals surface area contributed by atoms with Gasteiger partial charge in [-0.3, -0.25) is 4.79 Å². The van der Waals surface area contributed by atoms with Crippen LogP contribution in [0.15, 0.2) is 36.4 Å². The molecule has 2 rings (SSSR count). The lowest BCUT2D eigenvalue weighted by atomic mass is 10.00. The SMILES string of the molecule is COC(=O)c1ccc(C(=O)OC)c(CCCOc2ccc(C=O)c(O)c2)c1.